The molecule has 3 N–H and O–H groups in total. The maximum atomic E-state index is 5.68. The van der Waals surface area contributed by atoms with Crippen LogP contribution in [-0.2, 0) is 0 Å². The number of benzene rings is 1. The molecule has 0 amide bonds. The second-order valence-corrected chi connectivity index (χ2v) is 6.72. The molecule has 0 unspecified atom stereocenters. The lowest BCUT2D eigenvalue weighted by molar-refractivity contribution is 0.324. The lowest BCUT2D eigenvalue weighted by Crippen LogP contribution is -2.28. The Morgan fingerprint density at radius 1 is 1.13 bits per heavy atom. The Kier molecular flexibility index (Phi) is 4.96. The van der Waals surface area contributed by atoms with Gasteiger partial charge in [-0.05, 0) is 56.7 Å². The number of nitrogens with one attached hydrogen (secondary N) is 1. The molecule has 1 aromatic carbocycles. The van der Waals surface area contributed by atoms with Gasteiger partial charge in [0.05, 0.1) is 5.52 Å². The van der Waals surface area contributed by atoms with Gasteiger partial charge in [-0.15, -0.1) is 0 Å². The van der Waals surface area contributed by atoms with Crippen molar-refractivity contribution in [3.63, 3.8) is 0 Å². The third-order valence-corrected chi connectivity index (χ3v) is 4.76. The van der Waals surface area contributed by atoms with E-state index >= 15 is 0 Å². The Morgan fingerprint density at radius 3 is 2.57 bits per heavy atom. The number of para-hydroxylation sites is 1. The third-order valence-electron chi connectivity index (χ3n) is 4.76. The fraction of sp³-hybridized carbons (Fsp3) is 0.556. The normalized spacial score (nSPS) is 21.3. The van der Waals surface area contributed by atoms with Gasteiger partial charge in [0.2, 0.25) is 5.95 Å². The summed E-state index contributed by atoms with van der Waals surface area (Å²) in [5, 5.41) is 4.64. The number of aromatic nitrogens is 2. The summed E-state index contributed by atoms with van der Waals surface area (Å²) in [6.45, 7) is 0.808. The van der Waals surface area contributed by atoms with Crippen molar-refractivity contribution in [3.8, 4) is 0 Å². The summed E-state index contributed by atoms with van der Waals surface area (Å²) >= 11 is 0. The molecule has 2 aromatic rings. The lowest BCUT2D eigenvalue weighted by atomic mass is 9.84. The Bertz CT molecular complexity index is 647. The summed E-state index contributed by atoms with van der Waals surface area (Å²) in [6.07, 6.45) is 6.02. The highest BCUT2D eigenvalue weighted by molar-refractivity contribution is 5.90. The fourth-order valence-corrected chi connectivity index (χ4v) is 3.48. The first-order valence-electron chi connectivity index (χ1n) is 8.58. The maximum absolute atomic E-state index is 5.68. The van der Waals surface area contributed by atoms with Crippen molar-refractivity contribution < 1.29 is 0 Å². The smallest absolute Gasteiger partial charge is 0.225 e. The van der Waals surface area contributed by atoms with Crippen molar-refractivity contribution in [2.45, 2.75) is 38.1 Å². The zero-order valence-electron chi connectivity index (χ0n) is 14.1. The predicted molar refractivity (Wildman–Crippen MR) is 96.9 cm³/mol. The molecule has 0 radical (unpaired) electrons. The molecule has 124 valence electrons. The second-order valence-electron chi connectivity index (χ2n) is 6.72. The quantitative estimate of drug-likeness (QED) is 0.888. The lowest BCUT2D eigenvalue weighted by Gasteiger charge is -2.29. The van der Waals surface area contributed by atoms with Gasteiger partial charge in [-0.25, -0.2) is 4.98 Å². The molecule has 5 nitrogen and oxygen atoms in total. The van der Waals surface area contributed by atoms with Gasteiger partial charge in [0.1, 0.15) is 5.82 Å². The van der Waals surface area contributed by atoms with Gasteiger partial charge < -0.3 is 16.0 Å². The van der Waals surface area contributed by atoms with Crippen LogP contribution in [0.5, 0.6) is 0 Å². The highest BCUT2D eigenvalue weighted by Crippen LogP contribution is 2.29. The Hall–Kier alpha value is -1.88. The molecule has 1 aliphatic rings. The highest BCUT2D eigenvalue weighted by atomic mass is 15.2. The number of nitrogens with zero attached hydrogens (tertiary/aromatic N) is 3. The Labute approximate surface area is 138 Å². The number of nitrogens with two attached hydrogens (primary N) is 1. The van der Waals surface area contributed by atoms with E-state index in [0.29, 0.717) is 6.04 Å². The molecule has 0 bridgehead atoms. The molecule has 1 fully saturated rings. The van der Waals surface area contributed by atoms with Crippen molar-refractivity contribution in [2.75, 3.05) is 30.9 Å². The minimum atomic E-state index is 0.472. The van der Waals surface area contributed by atoms with E-state index in [9.17, 15) is 0 Å². The average molecular weight is 313 g/mol. The molecule has 1 aromatic heterocycles. The van der Waals surface area contributed by atoms with Crippen molar-refractivity contribution in [1.29, 1.82) is 0 Å². The van der Waals surface area contributed by atoms with Gasteiger partial charge in [0, 0.05) is 25.5 Å². The molecule has 5 heteroatoms. The highest BCUT2D eigenvalue weighted by Gasteiger charge is 2.21. The molecule has 0 aliphatic heterocycles. The van der Waals surface area contributed by atoms with E-state index in [0.717, 1.165) is 41.6 Å². The standard InChI is InChI=1S/C18H27N5/c1-23(2)17-15-5-3-4-6-16(15)21-18(22-17)20-14-9-7-13(8-10-14)11-12-19/h3-6,13-14H,7-12,19H2,1-2H3,(H,20,21,22). The van der Waals surface area contributed by atoms with Crippen LogP contribution in [0.1, 0.15) is 32.1 Å². The first-order chi connectivity index (χ1) is 11.2. The minimum Gasteiger partial charge on any atom is -0.362 e. The van der Waals surface area contributed by atoms with Crippen LogP contribution >= 0.6 is 0 Å². The summed E-state index contributed by atoms with van der Waals surface area (Å²) in [5.74, 6) is 2.51. The number of fused-ring (bicyclic) bond motifs is 1. The van der Waals surface area contributed by atoms with Crippen LogP contribution < -0.4 is 16.0 Å². The minimum absolute atomic E-state index is 0.472. The van der Waals surface area contributed by atoms with Gasteiger partial charge in [0.25, 0.3) is 0 Å². The van der Waals surface area contributed by atoms with E-state index in [-0.39, 0.29) is 0 Å². The summed E-state index contributed by atoms with van der Waals surface area (Å²) in [4.78, 5) is 11.5. The van der Waals surface area contributed by atoms with Crippen LogP contribution in [0.4, 0.5) is 11.8 Å². The van der Waals surface area contributed by atoms with Gasteiger partial charge in [-0.2, -0.15) is 4.98 Å². The molecule has 0 spiro atoms. The summed E-state index contributed by atoms with van der Waals surface area (Å²) in [7, 11) is 4.05. The zero-order chi connectivity index (χ0) is 16.2. The fourth-order valence-electron chi connectivity index (χ4n) is 3.48. The van der Waals surface area contributed by atoms with Crippen LogP contribution in [0.15, 0.2) is 24.3 Å². The van der Waals surface area contributed by atoms with Crippen molar-refractivity contribution in [2.24, 2.45) is 11.7 Å². The van der Waals surface area contributed by atoms with Gasteiger partial charge in [-0.1, -0.05) is 12.1 Å². The van der Waals surface area contributed by atoms with Gasteiger partial charge in [0.15, 0.2) is 0 Å². The molecule has 1 saturated carbocycles. The largest absolute Gasteiger partial charge is 0.362 e. The monoisotopic (exact) mass is 313 g/mol. The zero-order valence-corrected chi connectivity index (χ0v) is 14.1. The maximum Gasteiger partial charge on any atom is 0.225 e. The molecular weight excluding hydrogens is 286 g/mol. The molecule has 0 saturated heterocycles. The van der Waals surface area contributed by atoms with E-state index in [1.54, 1.807) is 0 Å². The molecule has 0 atom stereocenters. The van der Waals surface area contributed by atoms with E-state index in [4.69, 9.17) is 15.7 Å². The van der Waals surface area contributed by atoms with Crippen LogP contribution in [0, 0.1) is 5.92 Å². The summed E-state index contributed by atoms with van der Waals surface area (Å²) in [5.41, 5.74) is 6.67. The molecular formula is C18H27N5. The summed E-state index contributed by atoms with van der Waals surface area (Å²) in [6, 6.07) is 8.65. The topological polar surface area (TPSA) is 67.1 Å². The van der Waals surface area contributed by atoms with Crippen LogP contribution in [0.2, 0.25) is 0 Å². The summed E-state index contributed by atoms with van der Waals surface area (Å²) < 4.78 is 0. The van der Waals surface area contributed by atoms with Crippen molar-refractivity contribution in [3.05, 3.63) is 24.3 Å². The SMILES string of the molecule is CN(C)c1nc(NC2CCC(CCN)CC2)nc2ccccc12. The van der Waals surface area contributed by atoms with E-state index in [1.807, 2.05) is 37.2 Å². The van der Waals surface area contributed by atoms with Gasteiger partial charge in [-0.3, -0.25) is 0 Å². The van der Waals surface area contributed by atoms with Gasteiger partial charge >= 0.3 is 0 Å². The first kappa shape index (κ1) is 16.0. The molecule has 23 heavy (non-hydrogen) atoms. The van der Waals surface area contributed by atoms with E-state index in [1.165, 1.54) is 25.7 Å². The number of anilines is 2. The van der Waals surface area contributed by atoms with E-state index < -0.39 is 0 Å². The predicted octanol–water partition coefficient (Wildman–Crippen LogP) is 3.02. The molecule has 3 rings (SSSR count). The molecule has 1 heterocycles. The van der Waals surface area contributed by atoms with E-state index in [2.05, 4.69) is 11.4 Å². The van der Waals surface area contributed by atoms with Crippen LogP contribution in [0.3, 0.4) is 0 Å². The average Bonchev–Trinajstić information content (AvgIpc) is 2.56. The third kappa shape index (κ3) is 3.72. The van der Waals surface area contributed by atoms with Crippen molar-refractivity contribution >= 4 is 22.7 Å². The second kappa shape index (κ2) is 7.13. The first-order valence-corrected chi connectivity index (χ1v) is 8.58. The number of rotatable bonds is 5. The van der Waals surface area contributed by atoms with Crippen molar-refractivity contribution in [1.82, 2.24) is 9.97 Å². The number of hydrogen-bond donors (Lipinski definition) is 2. The van der Waals surface area contributed by atoms with Crippen LogP contribution in [-0.4, -0.2) is 36.6 Å². The number of hydrogen-bond acceptors (Lipinski definition) is 5. The van der Waals surface area contributed by atoms with Crippen LogP contribution in [0.25, 0.3) is 10.9 Å². The Balaban J connectivity index is 1.76. The molecule has 1 aliphatic carbocycles. The Morgan fingerprint density at radius 2 is 1.87 bits per heavy atom.